The Morgan fingerprint density at radius 3 is 2.26 bits per heavy atom. The predicted molar refractivity (Wildman–Crippen MR) is 146 cm³/mol. The molecule has 0 saturated carbocycles. The molecule has 0 radical (unpaired) electrons. The fourth-order valence-corrected chi connectivity index (χ4v) is 6.50. The molecule has 1 heterocycles. The van der Waals surface area contributed by atoms with Crippen molar-refractivity contribution in [1.29, 1.82) is 0 Å². The van der Waals surface area contributed by atoms with Gasteiger partial charge in [0.1, 0.15) is 13.0 Å². The van der Waals surface area contributed by atoms with Crippen molar-refractivity contribution in [2.45, 2.75) is 31.1 Å². The number of para-hydroxylation sites is 1. The molecular weight excluding hydrogens is 544 g/mol. The molecule has 12 heteroatoms. The molecule has 4 aromatic rings. The smallest absolute Gasteiger partial charge is 0.309 e. The number of fused-ring (bicyclic) bond motifs is 2. The Bertz CT molecular complexity index is 1880. The Balaban J connectivity index is 2.11. The lowest BCUT2D eigenvalue weighted by Crippen LogP contribution is -2.33. The van der Waals surface area contributed by atoms with Crippen molar-refractivity contribution in [1.82, 2.24) is 8.55 Å². The van der Waals surface area contributed by atoms with Gasteiger partial charge in [0, 0.05) is 0 Å². The standard InChI is InChI=1S/C27H26N2O8S2/c1-19-8-11-21(12-9-19)39(36,37)29-24-7-3-2-6-22(24)27(28(18-30)15-14-26(31)32)23-17-20(10-13-25(23)29)5-4-16-38(33,34)35/h2-3,6-13,17H,4-5,14-16H2,1H3,(H,31,32)(H,33,34,35). The van der Waals surface area contributed by atoms with Crippen LogP contribution >= 0.6 is 0 Å². The zero-order valence-electron chi connectivity index (χ0n) is 20.9. The monoisotopic (exact) mass is 570 g/mol. The lowest BCUT2D eigenvalue weighted by molar-refractivity contribution is -0.136. The highest BCUT2D eigenvalue weighted by molar-refractivity contribution is 7.90. The molecule has 1 amide bonds. The summed E-state index contributed by atoms with van der Waals surface area (Å²) in [6.45, 7) is 1.63. The molecule has 0 aliphatic carbocycles. The highest BCUT2D eigenvalue weighted by Crippen LogP contribution is 2.26. The molecule has 0 aliphatic rings. The lowest BCUT2D eigenvalue weighted by Gasteiger charge is -2.20. The average Bonchev–Trinajstić information content (AvgIpc) is 2.87. The number of benzene rings is 3. The quantitative estimate of drug-likeness (QED) is 0.0970. The van der Waals surface area contributed by atoms with E-state index in [1.807, 2.05) is 6.92 Å². The molecule has 0 aliphatic heterocycles. The molecule has 39 heavy (non-hydrogen) atoms. The van der Waals surface area contributed by atoms with Gasteiger partial charge in [-0.15, -0.1) is 0 Å². The molecule has 1 aromatic heterocycles. The first-order valence-electron chi connectivity index (χ1n) is 12.0. The Hall–Kier alpha value is -3.87. The van der Waals surface area contributed by atoms with Crippen molar-refractivity contribution in [3.05, 3.63) is 83.2 Å². The van der Waals surface area contributed by atoms with Crippen LogP contribution in [0.5, 0.6) is 0 Å². The van der Waals surface area contributed by atoms with Crippen LogP contribution in [0.15, 0.2) is 71.6 Å². The SMILES string of the molecule is Cc1ccc(S(=O)(=O)n2c3ccccc3c(=[N+]([C-]=O)CCC(=O)O)c3cc(CCCS(=O)(=O)O)ccc32)cc1. The second-order valence-corrected chi connectivity index (χ2v) is 12.4. The lowest BCUT2D eigenvalue weighted by atomic mass is 10.0. The maximum atomic E-state index is 14.0. The number of carbonyl (C=O) groups excluding carboxylic acids is 1. The van der Waals surface area contributed by atoms with E-state index in [9.17, 15) is 31.5 Å². The maximum absolute atomic E-state index is 14.0. The van der Waals surface area contributed by atoms with Gasteiger partial charge in [0.15, 0.2) is 0 Å². The van der Waals surface area contributed by atoms with Gasteiger partial charge in [-0.05, 0) is 60.4 Å². The second-order valence-electron chi connectivity index (χ2n) is 9.08. The molecule has 2 N–H and O–H groups in total. The van der Waals surface area contributed by atoms with Crippen molar-refractivity contribution in [2.75, 3.05) is 12.3 Å². The first-order valence-corrected chi connectivity index (χ1v) is 15.0. The number of amides is 1. The van der Waals surface area contributed by atoms with E-state index in [1.54, 1.807) is 61.0 Å². The van der Waals surface area contributed by atoms with Gasteiger partial charge in [-0.25, -0.2) is 12.4 Å². The van der Waals surface area contributed by atoms with E-state index in [0.29, 0.717) is 16.3 Å². The number of carboxylic acids is 1. The fraction of sp³-hybridized carbons (Fsp3) is 0.222. The number of pyridine rings is 1. The zero-order valence-corrected chi connectivity index (χ0v) is 22.6. The minimum atomic E-state index is -4.17. The van der Waals surface area contributed by atoms with Crippen molar-refractivity contribution >= 4 is 54.3 Å². The van der Waals surface area contributed by atoms with E-state index in [2.05, 4.69) is 0 Å². The van der Waals surface area contributed by atoms with Crippen molar-refractivity contribution in [2.24, 2.45) is 0 Å². The van der Waals surface area contributed by atoms with E-state index in [-0.39, 0.29) is 47.1 Å². The van der Waals surface area contributed by atoms with E-state index in [0.717, 1.165) is 10.1 Å². The summed E-state index contributed by atoms with van der Waals surface area (Å²) in [5.41, 5.74) is 2.02. The zero-order chi connectivity index (χ0) is 28.4. The molecule has 0 unspecified atom stereocenters. The normalized spacial score (nSPS) is 13.0. The summed E-state index contributed by atoms with van der Waals surface area (Å²) in [7, 11) is -8.30. The van der Waals surface area contributed by atoms with Gasteiger partial charge in [-0.2, -0.15) is 8.42 Å². The first kappa shape index (κ1) is 28.1. The maximum Gasteiger partial charge on any atom is 0.309 e. The number of nitrogens with zero attached hydrogens (tertiary/aromatic N) is 2. The minimum absolute atomic E-state index is 0.0548. The highest BCUT2D eigenvalue weighted by Gasteiger charge is 2.22. The molecule has 0 saturated heterocycles. The molecule has 0 fully saturated rings. The van der Waals surface area contributed by atoms with E-state index in [4.69, 9.17) is 4.55 Å². The minimum Gasteiger partial charge on any atom is -0.481 e. The van der Waals surface area contributed by atoms with Crippen LogP contribution in [0.4, 0.5) is 0 Å². The second kappa shape index (κ2) is 11.1. The molecule has 204 valence electrons. The van der Waals surface area contributed by atoms with Crippen LogP contribution in [0.2, 0.25) is 0 Å². The molecular formula is C27H26N2O8S2. The van der Waals surface area contributed by atoms with Crippen LogP contribution in [-0.4, -0.2) is 55.1 Å². The average molecular weight is 571 g/mol. The van der Waals surface area contributed by atoms with Gasteiger partial charge < -0.3 is 14.5 Å². The Kier molecular flexibility index (Phi) is 8.00. The molecule has 0 atom stereocenters. The Labute approximate surface area is 225 Å². The van der Waals surface area contributed by atoms with Gasteiger partial charge in [-0.3, -0.25) is 9.35 Å². The third kappa shape index (κ3) is 6.08. The number of rotatable bonds is 10. The third-order valence-electron chi connectivity index (χ3n) is 6.27. The van der Waals surface area contributed by atoms with Crippen LogP contribution in [0, 0.1) is 6.92 Å². The van der Waals surface area contributed by atoms with Gasteiger partial charge >= 0.3 is 5.97 Å². The molecule has 0 bridgehead atoms. The first-order chi connectivity index (χ1) is 18.4. The van der Waals surface area contributed by atoms with Crippen molar-refractivity contribution in [3.8, 4) is 0 Å². The number of carboxylic acid groups (broad SMARTS) is 1. The van der Waals surface area contributed by atoms with Gasteiger partial charge in [0.25, 0.3) is 26.6 Å². The summed E-state index contributed by atoms with van der Waals surface area (Å²) in [6, 6.07) is 17.8. The topological polar surface area (TPSA) is 151 Å². The summed E-state index contributed by atoms with van der Waals surface area (Å²) < 4.78 is 61.8. The fourth-order valence-electron chi connectivity index (χ4n) is 4.47. The Morgan fingerprint density at radius 2 is 1.62 bits per heavy atom. The number of carbonyl (C=O) groups is 1. The number of hydrogen-bond donors (Lipinski definition) is 2. The van der Waals surface area contributed by atoms with Gasteiger partial charge in [0.05, 0.1) is 27.0 Å². The third-order valence-corrected chi connectivity index (χ3v) is 8.82. The van der Waals surface area contributed by atoms with Crippen LogP contribution in [0.1, 0.15) is 24.0 Å². The Morgan fingerprint density at radius 1 is 0.949 bits per heavy atom. The van der Waals surface area contributed by atoms with Crippen LogP contribution in [-0.2, 0) is 36.2 Å². The van der Waals surface area contributed by atoms with E-state index < -0.39 is 31.9 Å². The summed E-state index contributed by atoms with van der Waals surface area (Å²) in [6.07, 6.45) is 1.77. The van der Waals surface area contributed by atoms with Crippen LogP contribution < -0.4 is 9.93 Å². The molecule has 10 nitrogen and oxygen atoms in total. The van der Waals surface area contributed by atoms with Gasteiger partial charge in [0.2, 0.25) is 0 Å². The largest absolute Gasteiger partial charge is 0.481 e. The molecule has 0 spiro atoms. The van der Waals surface area contributed by atoms with Crippen molar-refractivity contribution in [3.63, 3.8) is 0 Å². The number of aliphatic carboxylic acids is 1. The van der Waals surface area contributed by atoms with Crippen molar-refractivity contribution < 1.29 is 36.1 Å². The van der Waals surface area contributed by atoms with Crippen LogP contribution in [0.25, 0.3) is 21.8 Å². The number of hydrogen-bond acceptors (Lipinski definition) is 6. The number of aromatic nitrogens is 1. The number of aryl methyl sites for hydroxylation is 2. The summed E-state index contributed by atoms with van der Waals surface area (Å²) in [5, 5.41) is 10.2. The summed E-state index contributed by atoms with van der Waals surface area (Å²) in [4.78, 5) is 23.4. The van der Waals surface area contributed by atoms with E-state index in [1.165, 1.54) is 16.1 Å². The molecule has 3 aromatic carbocycles. The summed E-state index contributed by atoms with van der Waals surface area (Å²) in [5.74, 6) is -1.58. The molecule has 4 rings (SSSR count). The highest BCUT2D eigenvalue weighted by atomic mass is 32.2. The van der Waals surface area contributed by atoms with E-state index >= 15 is 0 Å². The van der Waals surface area contributed by atoms with Crippen LogP contribution in [0.3, 0.4) is 0 Å². The summed E-state index contributed by atoms with van der Waals surface area (Å²) >= 11 is 0. The predicted octanol–water partition coefficient (Wildman–Crippen LogP) is 2.47. The van der Waals surface area contributed by atoms with Gasteiger partial charge in [-0.1, -0.05) is 48.0 Å².